The van der Waals surface area contributed by atoms with Crippen LogP contribution in [0.25, 0.3) is 33.9 Å². The number of benzene rings is 2. The number of aromatic nitrogens is 4. The van der Waals surface area contributed by atoms with Crippen molar-refractivity contribution in [1.82, 2.24) is 19.7 Å². The molecule has 152 valence electrons. The van der Waals surface area contributed by atoms with Crippen molar-refractivity contribution in [3.05, 3.63) is 58.5 Å². The van der Waals surface area contributed by atoms with Gasteiger partial charge in [-0.2, -0.15) is 4.98 Å². The number of methoxy groups -OCH3 is 1. The van der Waals surface area contributed by atoms with Gasteiger partial charge < -0.3 is 13.8 Å². The summed E-state index contributed by atoms with van der Waals surface area (Å²) in [5, 5.41) is 4.14. The first kappa shape index (κ1) is 18.5. The zero-order valence-corrected chi connectivity index (χ0v) is 17.0. The molecule has 0 unspecified atom stereocenters. The average Bonchev–Trinajstić information content (AvgIpc) is 3.47. The van der Waals surface area contributed by atoms with Gasteiger partial charge >= 0.3 is 0 Å². The molecule has 5 rings (SSSR count). The van der Waals surface area contributed by atoms with Crippen LogP contribution in [0.2, 0.25) is 0 Å². The molecule has 30 heavy (non-hydrogen) atoms. The normalized spacial score (nSPS) is 14.5. The van der Waals surface area contributed by atoms with Crippen LogP contribution in [0.1, 0.15) is 37.4 Å². The predicted molar refractivity (Wildman–Crippen MR) is 114 cm³/mol. The molecule has 0 aliphatic heterocycles. The molecule has 1 aliphatic carbocycles. The third-order valence-electron chi connectivity index (χ3n) is 5.74. The number of fused-ring (bicyclic) bond motifs is 1. The van der Waals surface area contributed by atoms with Crippen LogP contribution in [-0.4, -0.2) is 26.8 Å². The van der Waals surface area contributed by atoms with Crippen LogP contribution in [-0.2, 0) is 0 Å². The smallest absolute Gasteiger partial charge is 0.272 e. The highest BCUT2D eigenvalue weighted by atomic mass is 16.5. The molecule has 1 aliphatic rings. The fourth-order valence-corrected chi connectivity index (χ4v) is 4.21. The molecule has 7 heteroatoms. The summed E-state index contributed by atoms with van der Waals surface area (Å²) in [7, 11) is 1.62. The minimum Gasteiger partial charge on any atom is -0.497 e. The lowest BCUT2D eigenvalue weighted by Crippen LogP contribution is -2.26. The quantitative estimate of drug-likeness (QED) is 0.498. The minimum absolute atomic E-state index is 0.00187. The molecule has 2 aromatic heterocycles. The van der Waals surface area contributed by atoms with Crippen molar-refractivity contribution in [2.24, 2.45) is 0 Å². The number of hydrogen-bond acceptors (Lipinski definition) is 6. The van der Waals surface area contributed by atoms with Gasteiger partial charge in [0.15, 0.2) is 0 Å². The largest absolute Gasteiger partial charge is 0.497 e. The van der Waals surface area contributed by atoms with Crippen LogP contribution < -0.4 is 10.3 Å². The van der Waals surface area contributed by atoms with Gasteiger partial charge in [0.1, 0.15) is 11.4 Å². The Hall–Kier alpha value is -3.48. The summed E-state index contributed by atoms with van der Waals surface area (Å²) in [4.78, 5) is 21.9. The van der Waals surface area contributed by atoms with Gasteiger partial charge in [0, 0.05) is 17.2 Å². The lowest BCUT2D eigenvalue weighted by molar-refractivity contribution is 0.413. The Morgan fingerprint density at radius 1 is 1.07 bits per heavy atom. The summed E-state index contributed by atoms with van der Waals surface area (Å²) >= 11 is 0. The third kappa shape index (κ3) is 3.16. The van der Waals surface area contributed by atoms with E-state index in [0.717, 1.165) is 53.6 Å². The van der Waals surface area contributed by atoms with Gasteiger partial charge in [-0.1, -0.05) is 24.1 Å². The Kier molecular flexibility index (Phi) is 4.58. The molecule has 2 aromatic carbocycles. The van der Waals surface area contributed by atoms with Crippen molar-refractivity contribution >= 4 is 11.0 Å². The molecule has 1 saturated carbocycles. The van der Waals surface area contributed by atoms with E-state index in [4.69, 9.17) is 9.26 Å². The van der Waals surface area contributed by atoms with Crippen LogP contribution in [0.4, 0.5) is 0 Å². The molecule has 1 fully saturated rings. The minimum atomic E-state index is 0.00187. The summed E-state index contributed by atoms with van der Waals surface area (Å²) in [6, 6.07) is 13.5. The van der Waals surface area contributed by atoms with Crippen molar-refractivity contribution in [2.75, 3.05) is 7.11 Å². The molecule has 2 heterocycles. The molecule has 0 spiro atoms. The summed E-state index contributed by atoms with van der Waals surface area (Å²) in [5.74, 6) is 1.62. The number of rotatable bonds is 4. The Balaban J connectivity index is 1.57. The van der Waals surface area contributed by atoms with Crippen LogP contribution in [0.15, 0.2) is 51.8 Å². The Morgan fingerprint density at radius 2 is 1.90 bits per heavy atom. The van der Waals surface area contributed by atoms with Gasteiger partial charge in [-0.25, -0.2) is 4.98 Å². The van der Waals surface area contributed by atoms with E-state index in [-0.39, 0.29) is 11.6 Å². The molecule has 0 N–H and O–H groups in total. The van der Waals surface area contributed by atoms with Gasteiger partial charge in [-0.15, -0.1) is 0 Å². The van der Waals surface area contributed by atoms with E-state index < -0.39 is 0 Å². The molecule has 0 saturated heterocycles. The van der Waals surface area contributed by atoms with E-state index in [1.165, 1.54) is 0 Å². The highest BCUT2D eigenvalue weighted by Crippen LogP contribution is 2.32. The Labute approximate surface area is 173 Å². The number of hydrogen-bond donors (Lipinski definition) is 0. The second-order valence-electron chi connectivity index (χ2n) is 7.67. The van der Waals surface area contributed by atoms with Gasteiger partial charge in [0.05, 0.1) is 18.1 Å². The molecule has 0 bridgehead atoms. The predicted octanol–water partition coefficient (Wildman–Crippen LogP) is 4.55. The van der Waals surface area contributed by atoms with E-state index >= 15 is 0 Å². The standard InChI is InChI=1S/C23H22N4O3/c1-14-23(28)27(17-7-3-4-8-17)20-11-10-15(13-19(20)24-14)21-25-22(30-26-21)16-6-5-9-18(12-16)29-2/h5-6,9-13,17H,3-4,7-8H2,1-2H3. The number of aryl methyl sites for hydroxylation is 1. The first-order valence-electron chi connectivity index (χ1n) is 10.2. The van der Waals surface area contributed by atoms with Gasteiger partial charge in [0.2, 0.25) is 5.82 Å². The monoisotopic (exact) mass is 402 g/mol. The summed E-state index contributed by atoms with van der Waals surface area (Å²) < 4.78 is 12.7. The van der Waals surface area contributed by atoms with Gasteiger partial charge in [-0.05, 0) is 56.2 Å². The van der Waals surface area contributed by atoms with Crippen LogP contribution in [0.5, 0.6) is 5.75 Å². The highest BCUT2D eigenvalue weighted by Gasteiger charge is 2.22. The maximum absolute atomic E-state index is 12.8. The second kappa shape index (κ2) is 7.40. The third-order valence-corrected chi connectivity index (χ3v) is 5.74. The van der Waals surface area contributed by atoms with Crippen molar-refractivity contribution in [1.29, 1.82) is 0 Å². The zero-order valence-electron chi connectivity index (χ0n) is 17.0. The van der Waals surface area contributed by atoms with Crippen molar-refractivity contribution in [3.8, 4) is 28.6 Å². The maximum atomic E-state index is 12.8. The second-order valence-corrected chi connectivity index (χ2v) is 7.67. The van der Waals surface area contributed by atoms with Crippen LogP contribution >= 0.6 is 0 Å². The topological polar surface area (TPSA) is 83.0 Å². The zero-order chi connectivity index (χ0) is 20.7. The van der Waals surface area contributed by atoms with Crippen LogP contribution in [0.3, 0.4) is 0 Å². The van der Waals surface area contributed by atoms with Crippen molar-refractivity contribution < 1.29 is 9.26 Å². The van der Waals surface area contributed by atoms with E-state index in [1.807, 2.05) is 47.0 Å². The van der Waals surface area contributed by atoms with E-state index in [9.17, 15) is 4.79 Å². The van der Waals surface area contributed by atoms with Crippen LogP contribution in [0, 0.1) is 6.92 Å². The SMILES string of the molecule is COc1cccc(-c2nc(-c3ccc4c(c3)nc(C)c(=O)n4C3CCCC3)no2)c1. The number of nitrogens with zero attached hydrogens (tertiary/aromatic N) is 4. The molecular formula is C23H22N4O3. The maximum Gasteiger partial charge on any atom is 0.272 e. The first-order chi connectivity index (χ1) is 14.6. The van der Waals surface area contributed by atoms with Gasteiger partial charge in [-0.3, -0.25) is 4.79 Å². The van der Waals surface area contributed by atoms with Crippen molar-refractivity contribution in [2.45, 2.75) is 38.6 Å². The molecular weight excluding hydrogens is 380 g/mol. The molecule has 0 radical (unpaired) electrons. The molecule has 4 aromatic rings. The summed E-state index contributed by atoms with van der Waals surface area (Å²) in [6.45, 7) is 1.77. The fourth-order valence-electron chi connectivity index (χ4n) is 4.21. The van der Waals surface area contributed by atoms with Gasteiger partial charge in [0.25, 0.3) is 11.4 Å². The van der Waals surface area contributed by atoms with E-state index in [2.05, 4.69) is 15.1 Å². The lowest BCUT2D eigenvalue weighted by Gasteiger charge is -2.17. The molecule has 7 nitrogen and oxygen atoms in total. The molecule has 0 atom stereocenters. The first-order valence-corrected chi connectivity index (χ1v) is 10.2. The Bertz CT molecular complexity index is 1290. The highest BCUT2D eigenvalue weighted by molar-refractivity contribution is 5.80. The average molecular weight is 402 g/mol. The van der Waals surface area contributed by atoms with Crippen molar-refractivity contribution in [3.63, 3.8) is 0 Å². The molecule has 0 amide bonds. The summed E-state index contributed by atoms with van der Waals surface area (Å²) in [5.41, 5.74) is 3.72. The number of ether oxygens (including phenoxy) is 1. The lowest BCUT2D eigenvalue weighted by atomic mass is 10.1. The summed E-state index contributed by atoms with van der Waals surface area (Å²) in [6.07, 6.45) is 4.39. The van der Waals surface area contributed by atoms with E-state index in [0.29, 0.717) is 17.4 Å². The Morgan fingerprint density at radius 3 is 2.70 bits per heavy atom. The fraction of sp³-hybridized carbons (Fsp3) is 0.304. The van der Waals surface area contributed by atoms with E-state index in [1.54, 1.807) is 14.0 Å².